The van der Waals surface area contributed by atoms with E-state index in [1.165, 1.54) is 11.1 Å². The number of fused-ring (bicyclic) bond motifs is 3. The Morgan fingerprint density at radius 1 is 0.907 bits per heavy atom. The normalized spacial score (nSPS) is 17.4. The van der Waals surface area contributed by atoms with Crippen molar-refractivity contribution < 1.29 is 19.2 Å². The van der Waals surface area contributed by atoms with E-state index in [0.717, 1.165) is 16.5 Å². The van der Waals surface area contributed by atoms with Crippen LogP contribution in [0.3, 0.4) is 0 Å². The van der Waals surface area contributed by atoms with E-state index < -0.39 is 11.9 Å². The van der Waals surface area contributed by atoms with Crippen molar-refractivity contribution in [2.24, 2.45) is 0 Å². The lowest BCUT2D eigenvalue weighted by Crippen LogP contribution is -2.48. The SMILES string of the molecule is O=C1CN(C(=O)c2cccnc2)CCCCNC(=O)[C@H](Cc2c[nH]c3ccccc23)NC(=O)c2cccc(n2)NCCN1. The van der Waals surface area contributed by atoms with Crippen LogP contribution < -0.4 is 21.3 Å². The number of hydrogen-bond donors (Lipinski definition) is 5. The predicted molar refractivity (Wildman–Crippen MR) is 161 cm³/mol. The average Bonchev–Trinajstić information content (AvgIpc) is 3.44. The van der Waals surface area contributed by atoms with E-state index in [4.69, 9.17) is 0 Å². The Morgan fingerprint density at radius 2 is 1.77 bits per heavy atom. The van der Waals surface area contributed by atoms with Gasteiger partial charge in [-0.3, -0.25) is 24.2 Å². The summed E-state index contributed by atoms with van der Waals surface area (Å²) < 4.78 is 0. The highest BCUT2D eigenvalue weighted by atomic mass is 16.2. The molecule has 0 unspecified atom stereocenters. The number of benzene rings is 1. The molecule has 1 aromatic carbocycles. The highest BCUT2D eigenvalue weighted by Crippen LogP contribution is 2.19. The number of H-pyrrole nitrogens is 1. The molecule has 4 aromatic rings. The summed E-state index contributed by atoms with van der Waals surface area (Å²) in [5.41, 5.74) is 2.40. The molecule has 1 atom stereocenters. The number of aromatic amines is 1. The Labute approximate surface area is 248 Å². The second-order valence-electron chi connectivity index (χ2n) is 10.2. The highest BCUT2D eigenvalue weighted by Gasteiger charge is 2.24. The van der Waals surface area contributed by atoms with E-state index in [9.17, 15) is 19.2 Å². The summed E-state index contributed by atoms with van der Waals surface area (Å²) in [7, 11) is 0. The van der Waals surface area contributed by atoms with E-state index in [1.807, 2.05) is 30.5 Å². The van der Waals surface area contributed by atoms with Crippen molar-refractivity contribution in [3.05, 3.63) is 90.0 Å². The van der Waals surface area contributed by atoms with E-state index in [0.29, 0.717) is 43.9 Å². The molecule has 12 nitrogen and oxygen atoms in total. The highest BCUT2D eigenvalue weighted by molar-refractivity contribution is 5.97. The number of aromatic nitrogens is 3. The zero-order chi connectivity index (χ0) is 30.0. The molecular formula is C31H34N8O4. The third-order valence-corrected chi connectivity index (χ3v) is 7.14. The van der Waals surface area contributed by atoms with Crippen molar-refractivity contribution in [1.82, 2.24) is 35.8 Å². The maximum Gasteiger partial charge on any atom is 0.270 e. The Kier molecular flexibility index (Phi) is 9.57. The van der Waals surface area contributed by atoms with Gasteiger partial charge in [0.2, 0.25) is 11.8 Å². The fourth-order valence-electron chi connectivity index (χ4n) is 4.93. The number of nitrogens with zero attached hydrogens (tertiary/aromatic N) is 3. The molecule has 0 fully saturated rings. The predicted octanol–water partition coefficient (Wildman–Crippen LogP) is 1.88. The minimum absolute atomic E-state index is 0.112. The zero-order valence-corrected chi connectivity index (χ0v) is 23.6. The van der Waals surface area contributed by atoms with Crippen molar-refractivity contribution in [1.29, 1.82) is 0 Å². The fourth-order valence-corrected chi connectivity index (χ4v) is 4.93. The number of amides is 4. The average molecular weight is 583 g/mol. The van der Waals surface area contributed by atoms with E-state index in [2.05, 4.69) is 36.2 Å². The molecule has 5 N–H and O–H groups in total. The minimum atomic E-state index is -0.849. The number of hydrogen-bond acceptors (Lipinski definition) is 7. The summed E-state index contributed by atoms with van der Waals surface area (Å²) in [6, 6.07) is 15.3. The summed E-state index contributed by atoms with van der Waals surface area (Å²) in [6.45, 7) is 1.18. The molecule has 1 aliphatic heterocycles. The standard InChI is InChI=1S/C31H34N8O4/c40-28-20-39(31(43)21-7-6-12-32-18-21)16-4-3-13-35-29(41)26(17-22-19-36-24-9-2-1-8-23(22)24)38-30(42)25-10-5-11-27(37-25)33-14-15-34-28/h1-2,5-12,18-19,26,36H,3-4,13-17,20H2,(H,33,37)(H,34,40)(H,35,41)(H,38,42)/t26-/m0/s1. The van der Waals surface area contributed by atoms with Crippen LogP contribution in [-0.4, -0.2) is 82.2 Å². The lowest BCUT2D eigenvalue weighted by atomic mass is 10.0. The summed E-state index contributed by atoms with van der Waals surface area (Å²) in [5.74, 6) is -0.941. The molecule has 4 amide bonds. The molecule has 3 aromatic heterocycles. The maximum absolute atomic E-state index is 13.4. The number of carbonyl (C=O) groups excluding carboxylic acids is 4. The molecule has 5 rings (SSSR count). The smallest absolute Gasteiger partial charge is 0.270 e. The Bertz CT molecular complexity index is 1590. The van der Waals surface area contributed by atoms with Crippen molar-refractivity contribution in [3.63, 3.8) is 0 Å². The molecule has 12 heteroatoms. The molecule has 1 aliphatic rings. The Hall–Kier alpha value is -5.26. The van der Waals surface area contributed by atoms with Crippen molar-refractivity contribution >= 4 is 40.3 Å². The molecule has 0 spiro atoms. The molecule has 0 saturated carbocycles. The van der Waals surface area contributed by atoms with Crippen LogP contribution in [0.15, 0.2) is 73.2 Å². The first kappa shape index (κ1) is 29.2. The molecule has 0 radical (unpaired) electrons. The van der Waals surface area contributed by atoms with Gasteiger partial charge in [-0.2, -0.15) is 0 Å². The molecule has 4 heterocycles. The second kappa shape index (κ2) is 14.1. The number of nitrogens with one attached hydrogen (secondary N) is 5. The summed E-state index contributed by atoms with van der Waals surface area (Å²) in [5, 5.41) is 12.7. The number of pyridine rings is 2. The van der Waals surface area contributed by atoms with Gasteiger partial charge in [0, 0.05) is 62.1 Å². The second-order valence-corrected chi connectivity index (χ2v) is 10.2. The van der Waals surface area contributed by atoms with Crippen LogP contribution in [0.2, 0.25) is 0 Å². The number of para-hydroxylation sites is 1. The van der Waals surface area contributed by atoms with Crippen LogP contribution in [0.5, 0.6) is 0 Å². The van der Waals surface area contributed by atoms with Crippen molar-refractivity contribution in [2.45, 2.75) is 25.3 Å². The van der Waals surface area contributed by atoms with Crippen LogP contribution in [0.25, 0.3) is 10.9 Å². The van der Waals surface area contributed by atoms with Gasteiger partial charge >= 0.3 is 0 Å². The molecular weight excluding hydrogens is 548 g/mol. The lowest BCUT2D eigenvalue weighted by molar-refractivity contribution is -0.123. The summed E-state index contributed by atoms with van der Waals surface area (Å²) >= 11 is 0. The first-order valence-electron chi connectivity index (χ1n) is 14.3. The third kappa shape index (κ3) is 7.73. The maximum atomic E-state index is 13.4. The summed E-state index contributed by atoms with van der Waals surface area (Å²) in [6.07, 6.45) is 6.30. The number of carbonyl (C=O) groups is 4. The van der Waals surface area contributed by atoms with E-state index in [1.54, 1.807) is 36.5 Å². The molecule has 0 aliphatic carbocycles. The zero-order valence-electron chi connectivity index (χ0n) is 23.6. The van der Waals surface area contributed by atoms with Gasteiger partial charge in [-0.1, -0.05) is 24.3 Å². The third-order valence-electron chi connectivity index (χ3n) is 7.14. The quantitative estimate of drug-likeness (QED) is 0.246. The number of anilines is 1. The number of rotatable bonds is 3. The Morgan fingerprint density at radius 3 is 2.63 bits per heavy atom. The van der Waals surface area contributed by atoms with E-state index in [-0.39, 0.29) is 42.9 Å². The van der Waals surface area contributed by atoms with Crippen LogP contribution in [0.4, 0.5) is 5.82 Å². The molecule has 0 saturated heterocycles. The van der Waals surface area contributed by atoms with Crippen LogP contribution in [0, 0.1) is 0 Å². The van der Waals surface area contributed by atoms with Gasteiger partial charge in [0.1, 0.15) is 17.6 Å². The van der Waals surface area contributed by atoms with Crippen LogP contribution in [-0.2, 0) is 16.0 Å². The van der Waals surface area contributed by atoms with Gasteiger partial charge in [-0.05, 0) is 48.7 Å². The van der Waals surface area contributed by atoms with Gasteiger partial charge in [0.25, 0.3) is 11.8 Å². The lowest BCUT2D eigenvalue weighted by Gasteiger charge is -2.22. The van der Waals surface area contributed by atoms with Gasteiger partial charge in [0.05, 0.1) is 12.1 Å². The first-order chi connectivity index (χ1) is 21.0. The summed E-state index contributed by atoms with van der Waals surface area (Å²) in [4.78, 5) is 65.6. The Balaban J connectivity index is 1.34. The monoisotopic (exact) mass is 582 g/mol. The largest absolute Gasteiger partial charge is 0.368 e. The topological polar surface area (TPSA) is 161 Å². The first-order valence-corrected chi connectivity index (χ1v) is 14.3. The van der Waals surface area contributed by atoms with Gasteiger partial charge < -0.3 is 31.2 Å². The van der Waals surface area contributed by atoms with E-state index >= 15 is 0 Å². The fraction of sp³-hybridized carbons (Fsp3) is 0.290. The van der Waals surface area contributed by atoms with Crippen molar-refractivity contribution in [2.75, 3.05) is 38.0 Å². The minimum Gasteiger partial charge on any atom is -0.368 e. The van der Waals surface area contributed by atoms with Gasteiger partial charge in [0.15, 0.2) is 0 Å². The van der Waals surface area contributed by atoms with Crippen LogP contribution in [0.1, 0.15) is 39.3 Å². The molecule has 2 bridgehead atoms. The van der Waals surface area contributed by atoms with Gasteiger partial charge in [-0.15, -0.1) is 0 Å². The van der Waals surface area contributed by atoms with Crippen LogP contribution >= 0.6 is 0 Å². The molecule has 43 heavy (non-hydrogen) atoms. The molecule has 222 valence electrons. The van der Waals surface area contributed by atoms with Crippen molar-refractivity contribution in [3.8, 4) is 0 Å². The van der Waals surface area contributed by atoms with Gasteiger partial charge in [-0.25, -0.2) is 4.98 Å².